The number of carbonyl (C=O) groups is 1. The second-order valence-corrected chi connectivity index (χ2v) is 3.94. The van der Waals surface area contributed by atoms with E-state index in [1.807, 2.05) is 13.8 Å². The van der Waals surface area contributed by atoms with Gasteiger partial charge in [0.05, 0.1) is 17.2 Å². The summed E-state index contributed by atoms with van der Waals surface area (Å²) in [6, 6.07) is 4.50. The van der Waals surface area contributed by atoms with Crippen LogP contribution < -0.4 is 4.74 Å². The van der Waals surface area contributed by atoms with E-state index in [0.717, 1.165) is 0 Å². The van der Waals surface area contributed by atoms with Crippen LogP contribution in [0.5, 0.6) is 5.75 Å². The third-order valence-electron chi connectivity index (χ3n) is 2.06. The number of halogens is 1. The van der Waals surface area contributed by atoms with Crippen molar-refractivity contribution in [1.82, 2.24) is 0 Å². The average molecular weight is 259 g/mol. The summed E-state index contributed by atoms with van der Waals surface area (Å²) in [4.78, 5) is 10.8. The minimum absolute atomic E-state index is 0.0662. The normalized spacial score (nSPS) is 12.2. The van der Waals surface area contributed by atoms with Crippen molar-refractivity contribution >= 4 is 17.6 Å². The molecule has 0 aliphatic heterocycles. The molecule has 94 valence electrons. The van der Waals surface area contributed by atoms with Gasteiger partial charge in [-0.2, -0.15) is 0 Å². The highest BCUT2D eigenvalue weighted by molar-refractivity contribution is 6.33. The second-order valence-electron chi connectivity index (χ2n) is 3.53. The molecule has 0 spiro atoms. The van der Waals surface area contributed by atoms with Gasteiger partial charge in [0.25, 0.3) is 0 Å². The van der Waals surface area contributed by atoms with E-state index >= 15 is 0 Å². The molecule has 4 nitrogen and oxygen atoms in total. The summed E-state index contributed by atoms with van der Waals surface area (Å²) in [5.74, 6) is -0.517. The predicted molar refractivity (Wildman–Crippen MR) is 65.0 cm³/mol. The highest BCUT2D eigenvalue weighted by atomic mass is 35.5. The monoisotopic (exact) mass is 258 g/mol. The summed E-state index contributed by atoms with van der Waals surface area (Å²) < 4.78 is 10.7. The van der Waals surface area contributed by atoms with E-state index in [9.17, 15) is 4.79 Å². The zero-order valence-electron chi connectivity index (χ0n) is 9.77. The first kappa shape index (κ1) is 13.8. The maximum Gasteiger partial charge on any atom is 0.337 e. The quantitative estimate of drug-likeness (QED) is 0.852. The fourth-order valence-corrected chi connectivity index (χ4v) is 1.54. The number of hydrogen-bond acceptors (Lipinski definition) is 3. The van der Waals surface area contributed by atoms with Crippen LogP contribution in [0.25, 0.3) is 0 Å². The highest BCUT2D eigenvalue weighted by Gasteiger charge is 2.10. The van der Waals surface area contributed by atoms with E-state index in [1.165, 1.54) is 12.1 Å². The fourth-order valence-electron chi connectivity index (χ4n) is 1.29. The lowest BCUT2D eigenvalue weighted by molar-refractivity contribution is 0.0655. The van der Waals surface area contributed by atoms with Crippen molar-refractivity contribution in [3.8, 4) is 5.75 Å². The molecular formula is C12H15ClO4. The zero-order valence-corrected chi connectivity index (χ0v) is 10.5. The first-order valence-corrected chi connectivity index (χ1v) is 5.69. The minimum Gasteiger partial charge on any atom is -0.488 e. The Labute approximate surface area is 105 Å². The van der Waals surface area contributed by atoms with Crippen molar-refractivity contribution in [2.45, 2.75) is 20.0 Å². The van der Waals surface area contributed by atoms with Crippen LogP contribution >= 0.6 is 11.6 Å². The molecule has 0 aliphatic rings. The Bertz CT molecular complexity index is 392. The molecule has 0 bridgehead atoms. The van der Waals surface area contributed by atoms with Crippen LogP contribution in [-0.4, -0.2) is 30.4 Å². The summed E-state index contributed by atoms with van der Waals surface area (Å²) >= 11 is 5.82. The lowest BCUT2D eigenvalue weighted by Gasteiger charge is -2.14. The fraction of sp³-hybridized carbons (Fsp3) is 0.417. The molecule has 1 aromatic rings. The Balaban J connectivity index is 2.67. The van der Waals surface area contributed by atoms with Gasteiger partial charge in [-0.1, -0.05) is 11.6 Å². The SMILES string of the molecule is CCOCC(C)Oc1ccc(C(=O)O)c(Cl)c1. The zero-order chi connectivity index (χ0) is 12.8. The topological polar surface area (TPSA) is 55.8 Å². The summed E-state index contributed by atoms with van der Waals surface area (Å²) in [7, 11) is 0. The molecule has 0 saturated heterocycles. The van der Waals surface area contributed by atoms with Gasteiger partial charge in [-0.05, 0) is 32.0 Å². The molecule has 1 atom stereocenters. The molecule has 5 heteroatoms. The highest BCUT2D eigenvalue weighted by Crippen LogP contribution is 2.23. The van der Waals surface area contributed by atoms with Crippen molar-refractivity contribution in [2.75, 3.05) is 13.2 Å². The van der Waals surface area contributed by atoms with E-state index in [4.69, 9.17) is 26.2 Å². The smallest absolute Gasteiger partial charge is 0.337 e. The molecule has 1 unspecified atom stereocenters. The van der Waals surface area contributed by atoms with Crippen LogP contribution in [0.1, 0.15) is 24.2 Å². The Morgan fingerprint density at radius 2 is 2.24 bits per heavy atom. The summed E-state index contributed by atoms with van der Waals surface area (Å²) in [6.07, 6.45) is -0.110. The molecule has 17 heavy (non-hydrogen) atoms. The lowest BCUT2D eigenvalue weighted by Crippen LogP contribution is -2.19. The molecule has 0 amide bonds. The number of ether oxygens (including phenoxy) is 2. The van der Waals surface area contributed by atoms with E-state index in [1.54, 1.807) is 6.07 Å². The molecule has 1 N–H and O–H groups in total. The number of carboxylic acids is 1. The maximum absolute atomic E-state index is 10.8. The lowest BCUT2D eigenvalue weighted by atomic mass is 10.2. The third-order valence-corrected chi connectivity index (χ3v) is 2.38. The summed E-state index contributed by atoms with van der Waals surface area (Å²) in [6.45, 7) is 4.89. The van der Waals surface area contributed by atoms with Crippen LogP contribution in [0.3, 0.4) is 0 Å². The number of rotatable bonds is 6. The van der Waals surface area contributed by atoms with Gasteiger partial charge in [-0.25, -0.2) is 4.79 Å². The average Bonchev–Trinajstić information content (AvgIpc) is 2.26. The molecule has 1 aromatic carbocycles. The minimum atomic E-state index is -1.05. The Hall–Kier alpha value is -1.26. The molecule has 0 aromatic heterocycles. The first-order valence-electron chi connectivity index (χ1n) is 5.31. The van der Waals surface area contributed by atoms with Crippen molar-refractivity contribution in [1.29, 1.82) is 0 Å². The van der Waals surface area contributed by atoms with Crippen molar-refractivity contribution < 1.29 is 19.4 Å². The molecule has 0 fully saturated rings. The van der Waals surface area contributed by atoms with E-state index in [2.05, 4.69) is 0 Å². The molecule has 0 aliphatic carbocycles. The first-order chi connectivity index (χ1) is 8.04. The standard InChI is InChI=1S/C12H15ClO4/c1-3-16-7-8(2)17-9-4-5-10(12(14)15)11(13)6-9/h4-6,8H,3,7H2,1-2H3,(H,14,15). The number of hydrogen-bond donors (Lipinski definition) is 1. The van der Waals surface area contributed by atoms with Gasteiger partial charge in [0.1, 0.15) is 11.9 Å². The molecule has 1 rings (SSSR count). The van der Waals surface area contributed by atoms with Crippen molar-refractivity contribution in [3.63, 3.8) is 0 Å². The molecular weight excluding hydrogens is 244 g/mol. The summed E-state index contributed by atoms with van der Waals surface area (Å²) in [5, 5.41) is 8.97. The largest absolute Gasteiger partial charge is 0.488 e. The van der Waals surface area contributed by atoms with Gasteiger partial charge in [0.15, 0.2) is 0 Å². The van der Waals surface area contributed by atoms with Crippen LogP contribution in [0.4, 0.5) is 0 Å². The van der Waals surface area contributed by atoms with E-state index in [-0.39, 0.29) is 16.7 Å². The van der Waals surface area contributed by atoms with Gasteiger partial charge in [0.2, 0.25) is 0 Å². The van der Waals surface area contributed by atoms with E-state index in [0.29, 0.717) is 19.0 Å². The Morgan fingerprint density at radius 1 is 1.53 bits per heavy atom. The number of aromatic carboxylic acids is 1. The maximum atomic E-state index is 10.8. The third kappa shape index (κ3) is 4.24. The number of carboxylic acid groups (broad SMARTS) is 1. The van der Waals surface area contributed by atoms with Crippen LogP contribution in [0.2, 0.25) is 5.02 Å². The van der Waals surface area contributed by atoms with Gasteiger partial charge >= 0.3 is 5.97 Å². The van der Waals surface area contributed by atoms with Gasteiger partial charge in [-0.15, -0.1) is 0 Å². The molecule has 0 radical (unpaired) electrons. The second kappa shape index (κ2) is 6.47. The van der Waals surface area contributed by atoms with Crippen LogP contribution in [0, 0.1) is 0 Å². The molecule has 0 saturated carbocycles. The van der Waals surface area contributed by atoms with Gasteiger partial charge in [-0.3, -0.25) is 0 Å². The van der Waals surface area contributed by atoms with E-state index < -0.39 is 5.97 Å². The summed E-state index contributed by atoms with van der Waals surface area (Å²) in [5.41, 5.74) is 0.0662. The van der Waals surface area contributed by atoms with Crippen molar-refractivity contribution in [3.05, 3.63) is 28.8 Å². The van der Waals surface area contributed by atoms with Crippen LogP contribution in [-0.2, 0) is 4.74 Å². The van der Waals surface area contributed by atoms with Gasteiger partial charge in [0, 0.05) is 6.61 Å². The Morgan fingerprint density at radius 3 is 2.76 bits per heavy atom. The predicted octanol–water partition coefficient (Wildman–Crippen LogP) is 2.84. The Kier molecular flexibility index (Phi) is 5.25. The van der Waals surface area contributed by atoms with Gasteiger partial charge < -0.3 is 14.6 Å². The van der Waals surface area contributed by atoms with Crippen molar-refractivity contribution in [2.24, 2.45) is 0 Å². The molecule has 0 heterocycles. The van der Waals surface area contributed by atoms with Crippen LogP contribution in [0.15, 0.2) is 18.2 Å². The number of benzene rings is 1.